The first-order valence-corrected chi connectivity index (χ1v) is 8.09. The minimum atomic E-state index is -0.410. The second kappa shape index (κ2) is 7.59. The molecule has 0 radical (unpaired) electrons. The van der Waals surface area contributed by atoms with Crippen molar-refractivity contribution >= 4 is 17.0 Å². The fraction of sp³-hybridized carbons (Fsp3) is 0.200. The van der Waals surface area contributed by atoms with Crippen LogP contribution in [-0.2, 0) is 11.2 Å². The Morgan fingerprint density at radius 2 is 1.79 bits per heavy atom. The highest BCUT2D eigenvalue weighted by atomic mass is 16.5. The van der Waals surface area contributed by atoms with Gasteiger partial charge in [-0.15, -0.1) is 0 Å². The summed E-state index contributed by atoms with van der Waals surface area (Å²) in [7, 11) is 0. The van der Waals surface area contributed by atoms with Crippen LogP contribution in [0.3, 0.4) is 0 Å². The average Bonchev–Trinajstić information content (AvgIpc) is 2.62. The molecule has 0 aliphatic rings. The van der Waals surface area contributed by atoms with Crippen molar-refractivity contribution in [1.29, 1.82) is 0 Å². The molecule has 1 atom stereocenters. The van der Waals surface area contributed by atoms with Gasteiger partial charge in [0.05, 0.1) is 18.2 Å². The van der Waals surface area contributed by atoms with Gasteiger partial charge in [0.2, 0.25) is 0 Å². The van der Waals surface area contributed by atoms with Crippen molar-refractivity contribution in [2.24, 2.45) is 0 Å². The van der Waals surface area contributed by atoms with Crippen molar-refractivity contribution in [3.8, 4) is 0 Å². The molecule has 0 saturated heterocycles. The third-order valence-corrected chi connectivity index (χ3v) is 3.84. The van der Waals surface area contributed by atoms with Crippen LogP contribution in [-0.4, -0.2) is 17.7 Å². The zero-order valence-corrected chi connectivity index (χ0v) is 13.6. The zero-order valence-electron chi connectivity index (χ0n) is 13.6. The van der Waals surface area contributed by atoms with Crippen molar-refractivity contribution in [1.82, 2.24) is 10.3 Å². The van der Waals surface area contributed by atoms with E-state index in [0.717, 1.165) is 22.2 Å². The van der Waals surface area contributed by atoms with Crippen molar-refractivity contribution in [2.75, 3.05) is 6.61 Å². The lowest BCUT2D eigenvalue weighted by Gasteiger charge is -2.19. The molecule has 1 N–H and O–H groups in total. The first kappa shape index (κ1) is 16.0. The zero-order chi connectivity index (χ0) is 16.8. The number of alkyl carbamates (subject to hydrolysis) is 1. The molecule has 0 bridgehead atoms. The molecule has 4 nitrogen and oxygen atoms in total. The van der Waals surface area contributed by atoms with E-state index in [4.69, 9.17) is 9.72 Å². The Morgan fingerprint density at radius 3 is 2.58 bits per heavy atom. The van der Waals surface area contributed by atoms with Gasteiger partial charge in [-0.3, -0.25) is 4.98 Å². The summed E-state index contributed by atoms with van der Waals surface area (Å²) in [6, 6.07) is 21.8. The van der Waals surface area contributed by atoms with Gasteiger partial charge < -0.3 is 10.1 Å². The van der Waals surface area contributed by atoms with Gasteiger partial charge >= 0.3 is 6.09 Å². The third kappa shape index (κ3) is 3.90. The van der Waals surface area contributed by atoms with E-state index in [0.29, 0.717) is 13.0 Å². The van der Waals surface area contributed by atoms with E-state index in [2.05, 4.69) is 11.4 Å². The molecule has 0 aliphatic heterocycles. The van der Waals surface area contributed by atoms with E-state index < -0.39 is 6.09 Å². The molecule has 122 valence electrons. The molecular formula is C20H20N2O2. The maximum atomic E-state index is 11.9. The summed E-state index contributed by atoms with van der Waals surface area (Å²) in [5, 5.41) is 4.04. The van der Waals surface area contributed by atoms with Crippen LogP contribution in [0.4, 0.5) is 4.79 Å². The smallest absolute Gasteiger partial charge is 0.407 e. The summed E-state index contributed by atoms with van der Waals surface area (Å²) in [5.41, 5.74) is 2.91. The Kier molecular flexibility index (Phi) is 5.06. The monoisotopic (exact) mass is 320 g/mol. The van der Waals surface area contributed by atoms with Crippen LogP contribution in [0, 0.1) is 0 Å². The number of para-hydroxylation sites is 1. The second-order valence-electron chi connectivity index (χ2n) is 5.53. The molecule has 24 heavy (non-hydrogen) atoms. The first-order chi connectivity index (χ1) is 11.8. The maximum Gasteiger partial charge on any atom is 0.407 e. The Morgan fingerprint density at radius 1 is 1.04 bits per heavy atom. The third-order valence-electron chi connectivity index (χ3n) is 3.84. The van der Waals surface area contributed by atoms with Gasteiger partial charge in [0.1, 0.15) is 0 Å². The fourth-order valence-corrected chi connectivity index (χ4v) is 2.68. The Balaban J connectivity index is 1.85. The first-order valence-electron chi connectivity index (χ1n) is 8.09. The van der Waals surface area contributed by atoms with Crippen LogP contribution in [0.5, 0.6) is 0 Å². The lowest BCUT2D eigenvalue weighted by atomic mass is 10.0. The highest BCUT2D eigenvalue weighted by Crippen LogP contribution is 2.20. The molecule has 0 unspecified atom stereocenters. The number of carbonyl (C=O) groups is 1. The molecular weight excluding hydrogens is 300 g/mol. The van der Waals surface area contributed by atoms with Crippen molar-refractivity contribution in [2.45, 2.75) is 19.4 Å². The molecule has 0 spiro atoms. The predicted molar refractivity (Wildman–Crippen MR) is 94.8 cm³/mol. The summed E-state index contributed by atoms with van der Waals surface area (Å²) in [5.74, 6) is 0. The molecule has 2 aromatic carbocycles. The molecule has 0 saturated carbocycles. The number of nitrogens with one attached hydrogen (secondary N) is 1. The lowest BCUT2D eigenvalue weighted by Crippen LogP contribution is -2.30. The van der Waals surface area contributed by atoms with Crippen LogP contribution in [0.2, 0.25) is 0 Å². The maximum absolute atomic E-state index is 11.9. The highest BCUT2D eigenvalue weighted by molar-refractivity contribution is 5.78. The number of rotatable bonds is 5. The van der Waals surface area contributed by atoms with Crippen molar-refractivity contribution in [3.63, 3.8) is 0 Å². The second-order valence-corrected chi connectivity index (χ2v) is 5.53. The van der Waals surface area contributed by atoms with Crippen LogP contribution >= 0.6 is 0 Å². The van der Waals surface area contributed by atoms with Crippen molar-refractivity contribution < 1.29 is 9.53 Å². The minimum absolute atomic E-state index is 0.182. The number of amides is 1. The van der Waals surface area contributed by atoms with E-state index in [1.54, 1.807) is 6.92 Å². The van der Waals surface area contributed by atoms with Gasteiger partial charge in [0.15, 0.2) is 0 Å². The van der Waals surface area contributed by atoms with E-state index >= 15 is 0 Å². The Hall–Kier alpha value is -2.88. The number of benzene rings is 2. The number of nitrogens with zero attached hydrogens (tertiary/aromatic N) is 1. The number of ether oxygens (including phenoxy) is 1. The molecule has 0 fully saturated rings. The number of fused-ring (bicyclic) bond motifs is 1. The average molecular weight is 320 g/mol. The molecule has 3 aromatic rings. The van der Waals surface area contributed by atoms with E-state index in [-0.39, 0.29) is 6.04 Å². The Labute approximate surface area is 141 Å². The quantitative estimate of drug-likeness (QED) is 0.764. The minimum Gasteiger partial charge on any atom is -0.450 e. The van der Waals surface area contributed by atoms with Gasteiger partial charge in [-0.2, -0.15) is 0 Å². The molecule has 0 aliphatic carbocycles. The van der Waals surface area contributed by atoms with Crippen LogP contribution in [0.25, 0.3) is 10.9 Å². The van der Waals surface area contributed by atoms with Crippen LogP contribution in [0.15, 0.2) is 66.7 Å². The number of aromatic nitrogens is 1. The van der Waals surface area contributed by atoms with Crippen LogP contribution < -0.4 is 5.32 Å². The SMILES string of the molecule is CCOC(=O)N[C@H](Cc1ccc2ccccc2n1)c1ccccc1. The van der Waals surface area contributed by atoms with Gasteiger partial charge in [-0.25, -0.2) is 4.79 Å². The summed E-state index contributed by atoms with van der Waals surface area (Å²) in [4.78, 5) is 16.6. The van der Waals surface area contributed by atoms with Gasteiger partial charge in [0, 0.05) is 17.5 Å². The summed E-state index contributed by atoms with van der Waals surface area (Å²) >= 11 is 0. The van der Waals surface area contributed by atoms with Crippen molar-refractivity contribution in [3.05, 3.63) is 78.0 Å². The molecule has 1 heterocycles. The number of hydrogen-bond acceptors (Lipinski definition) is 3. The van der Waals surface area contributed by atoms with E-state index in [1.165, 1.54) is 0 Å². The van der Waals surface area contributed by atoms with E-state index in [1.807, 2.05) is 60.7 Å². The number of hydrogen-bond donors (Lipinski definition) is 1. The predicted octanol–water partition coefficient (Wildman–Crippen LogP) is 4.26. The lowest BCUT2D eigenvalue weighted by molar-refractivity contribution is 0.148. The van der Waals surface area contributed by atoms with E-state index in [9.17, 15) is 4.79 Å². The van der Waals surface area contributed by atoms with Crippen LogP contribution in [0.1, 0.15) is 24.2 Å². The fourth-order valence-electron chi connectivity index (χ4n) is 2.68. The normalized spacial score (nSPS) is 11.9. The number of pyridine rings is 1. The number of carbonyl (C=O) groups excluding carboxylic acids is 1. The highest BCUT2D eigenvalue weighted by Gasteiger charge is 2.16. The van der Waals surface area contributed by atoms with Gasteiger partial charge in [-0.1, -0.05) is 54.6 Å². The summed E-state index contributed by atoms with van der Waals surface area (Å²) in [6.07, 6.45) is 0.195. The summed E-state index contributed by atoms with van der Waals surface area (Å²) < 4.78 is 5.03. The van der Waals surface area contributed by atoms with Gasteiger partial charge in [0.25, 0.3) is 0 Å². The molecule has 1 aromatic heterocycles. The standard InChI is InChI=1S/C20H20N2O2/c1-2-24-20(23)22-19(15-8-4-3-5-9-15)14-17-13-12-16-10-6-7-11-18(16)21-17/h3-13,19H,2,14H2,1H3,(H,22,23)/t19-/m1/s1. The molecule has 3 rings (SSSR count). The molecule has 4 heteroatoms. The topological polar surface area (TPSA) is 51.2 Å². The summed E-state index contributed by atoms with van der Waals surface area (Å²) in [6.45, 7) is 2.14. The Bertz CT molecular complexity index is 818. The largest absolute Gasteiger partial charge is 0.450 e. The molecule has 1 amide bonds. The van der Waals surface area contributed by atoms with Gasteiger partial charge in [-0.05, 0) is 24.6 Å².